The van der Waals surface area contributed by atoms with E-state index < -0.39 is 0 Å². The monoisotopic (exact) mass is 280 g/mol. The van der Waals surface area contributed by atoms with Gasteiger partial charge < -0.3 is 10.6 Å². The van der Waals surface area contributed by atoms with Gasteiger partial charge >= 0.3 is 6.03 Å². The van der Waals surface area contributed by atoms with Crippen molar-refractivity contribution in [3.05, 3.63) is 64.7 Å². The minimum absolute atomic E-state index is 0.124. The molecule has 0 aromatic heterocycles. The van der Waals surface area contributed by atoms with E-state index in [1.54, 1.807) is 0 Å². The first-order chi connectivity index (χ1) is 10.1. The molecule has 0 bridgehead atoms. The molecule has 2 amide bonds. The number of anilines is 1. The van der Waals surface area contributed by atoms with E-state index >= 15 is 0 Å². The van der Waals surface area contributed by atoms with E-state index in [2.05, 4.69) is 34.9 Å². The molecule has 3 nitrogen and oxygen atoms in total. The number of carbonyl (C=O) groups is 1. The van der Waals surface area contributed by atoms with Crippen molar-refractivity contribution in [1.29, 1.82) is 0 Å². The zero-order chi connectivity index (χ0) is 14.8. The number of nitrogens with one attached hydrogen (secondary N) is 2. The van der Waals surface area contributed by atoms with Crippen molar-refractivity contribution in [3.63, 3.8) is 0 Å². The van der Waals surface area contributed by atoms with E-state index in [4.69, 9.17) is 0 Å². The molecule has 0 aliphatic heterocycles. The van der Waals surface area contributed by atoms with Gasteiger partial charge in [-0.3, -0.25) is 0 Å². The highest BCUT2D eigenvalue weighted by atomic mass is 16.2. The zero-order valence-corrected chi connectivity index (χ0v) is 12.4. The highest BCUT2D eigenvalue weighted by Gasteiger charge is 2.22. The molecule has 1 aliphatic carbocycles. The molecule has 0 radical (unpaired) electrons. The molecule has 0 heterocycles. The first kappa shape index (κ1) is 13.7. The number of hydrogen-bond acceptors (Lipinski definition) is 1. The second-order valence-corrected chi connectivity index (χ2v) is 5.72. The molecule has 0 saturated heterocycles. The van der Waals surface area contributed by atoms with Gasteiger partial charge in [0.1, 0.15) is 0 Å². The van der Waals surface area contributed by atoms with Crippen LogP contribution in [-0.4, -0.2) is 12.1 Å². The number of hydrogen-bond donors (Lipinski definition) is 2. The van der Waals surface area contributed by atoms with Gasteiger partial charge in [0.25, 0.3) is 0 Å². The fraction of sp³-hybridized carbons (Fsp3) is 0.278. The molecular weight excluding hydrogens is 260 g/mol. The van der Waals surface area contributed by atoms with Gasteiger partial charge in [0.15, 0.2) is 0 Å². The quantitative estimate of drug-likeness (QED) is 0.867. The van der Waals surface area contributed by atoms with Gasteiger partial charge in [-0.05, 0) is 55.0 Å². The first-order valence-electron chi connectivity index (χ1n) is 7.34. The maximum Gasteiger partial charge on any atom is 0.319 e. The van der Waals surface area contributed by atoms with Crippen LogP contribution in [0.15, 0.2) is 42.5 Å². The summed E-state index contributed by atoms with van der Waals surface area (Å²) in [5.74, 6) is 0. The van der Waals surface area contributed by atoms with E-state index in [9.17, 15) is 4.79 Å². The van der Waals surface area contributed by atoms with Crippen molar-refractivity contribution in [2.24, 2.45) is 0 Å². The van der Waals surface area contributed by atoms with Crippen molar-refractivity contribution in [3.8, 4) is 0 Å². The molecule has 0 fully saturated rings. The minimum atomic E-state index is -0.124. The van der Waals surface area contributed by atoms with Crippen LogP contribution in [0.3, 0.4) is 0 Å². The number of urea groups is 1. The largest absolute Gasteiger partial charge is 0.334 e. The number of carbonyl (C=O) groups excluding carboxylic acids is 1. The number of amides is 2. The average molecular weight is 280 g/mol. The average Bonchev–Trinajstić information content (AvgIpc) is 2.86. The third-order valence-corrected chi connectivity index (χ3v) is 4.24. The lowest BCUT2D eigenvalue weighted by Gasteiger charge is -2.15. The summed E-state index contributed by atoms with van der Waals surface area (Å²) >= 11 is 0. The molecule has 2 aromatic carbocycles. The maximum atomic E-state index is 12.2. The number of benzene rings is 2. The summed E-state index contributed by atoms with van der Waals surface area (Å²) in [6.45, 7) is 4.07. The van der Waals surface area contributed by atoms with E-state index in [1.165, 1.54) is 16.7 Å². The van der Waals surface area contributed by atoms with Crippen molar-refractivity contribution >= 4 is 11.7 Å². The molecular formula is C18H20N2O. The Labute approximate surface area is 125 Å². The van der Waals surface area contributed by atoms with Gasteiger partial charge in [-0.2, -0.15) is 0 Å². The Hall–Kier alpha value is -2.29. The van der Waals surface area contributed by atoms with Crippen LogP contribution in [0.5, 0.6) is 0 Å². The van der Waals surface area contributed by atoms with Crippen LogP contribution in [-0.2, 0) is 12.8 Å². The maximum absolute atomic E-state index is 12.2. The lowest BCUT2D eigenvalue weighted by atomic mass is 10.1. The second kappa shape index (κ2) is 5.60. The van der Waals surface area contributed by atoms with E-state index in [1.807, 2.05) is 32.0 Å². The Morgan fingerprint density at radius 1 is 1.00 bits per heavy atom. The molecule has 108 valence electrons. The van der Waals surface area contributed by atoms with E-state index in [-0.39, 0.29) is 12.1 Å². The Morgan fingerprint density at radius 2 is 1.67 bits per heavy atom. The van der Waals surface area contributed by atoms with Crippen molar-refractivity contribution in [2.75, 3.05) is 5.32 Å². The van der Waals surface area contributed by atoms with Gasteiger partial charge in [0.2, 0.25) is 0 Å². The summed E-state index contributed by atoms with van der Waals surface area (Å²) in [6, 6.07) is 14.4. The van der Waals surface area contributed by atoms with Crippen LogP contribution in [0, 0.1) is 13.8 Å². The van der Waals surface area contributed by atoms with Crippen LogP contribution in [0.1, 0.15) is 22.3 Å². The third kappa shape index (κ3) is 2.92. The predicted octanol–water partition coefficient (Wildman–Crippen LogP) is 3.59. The summed E-state index contributed by atoms with van der Waals surface area (Å²) in [5.41, 5.74) is 5.86. The molecule has 3 rings (SSSR count). The molecule has 3 heteroatoms. The summed E-state index contributed by atoms with van der Waals surface area (Å²) in [6.07, 6.45) is 1.83. The first-order valence-corrected chi connectivity index (χ1v) is 7.34. The van der Waals surface area contributed by atoms with Crippen LogP contribution in [0.2, 0.25) is 0 Å². The molecule has 0 spiro atoms. The number of rotatable bonds is 2. The summed E-state index contributed by atoms with van der Waals surface area (Å²) < 4.78 is 0. The van der Waals surface area contributed by atoms with Crippen LogP contribution in [0.25, 0.3) is 0 Å². The fourth-order valence-corrected chi connectivity index (χ4v) is 2.89. The summed E-state index contributed by atoms with van der Waals surface area (Å²) in [4.78, 5) is 12.2. The third-order valence-electron chi connectivity index (χ3n) is 4.24. The van der Waals surface area contributed by atoms with Crippen molar-refractivity contribution in [2.45, 2.75) is 32.7 Å². The molecule has 0 unspecified atom stereocenters. The number of aryl methyl sites for hydroxylation is 1. The van der Waals surface area contributed by atoms with Gasteiger partial charge in [0.05, 0.1) is 0 Å². The topological polar surface area (TPSA) is 41.1 Å². The standard InChI is InChI=1S/C18H20N2O/c1-12-6-5-9-17(13(12)2)20-18(21)19-16-10-14-7-3-4-8-15(14)11-16/h3-9,16H,10-11H2,1-2H3,(H2,19,20,21). The van der Waals surface area contributed by atoms with Gasteiger partial charge in [0, 0.05) is 11.7 Å². The lowest BCUT2D eigenvalue weighted by molar-refractivity contribution is 0.249. The molecule has 0 saturated carbocycles. The van der Waals surface area contributed by atoms with Crippen LogP contribution >= 0.6 is 0 Å². The molecule has 2 N–H and O–H groups in total. The highest BCUT2D eigenvalue weighted by Crippen LogP contribution is 2.22. The fourth-order valence-electron chi connectivity index (χ4n) is 2.89. The Bertz CT molecular complexity index is 654. The molecule has 2 aromatic rings. The highest BCUT2D eigenvalue weighted by molar-refractivity contribution is 5.90. The Morgan fingerprint density at radius 3 is 2.33 bits per heavy atom. The predicted molar refractivity (Wildman–Crippen MR) is 85.7 cm³/mol. The summed E-state index contributed by atoms with van der Waals surface area (Å²) in [7, 11) is 0. The zero-order valence-electron chi connectivity index (χ0n) is 12.4. The van der Waals surface area contributed by atoms with E-state index in [0.29, 0.717) is 0 Å². The normalized spacial score (nSPS) is 13.8. The Kier molecular flexibility index (Phi) is 3.65. The van der Waals surface area contributed by atoms with Crippen molar-refractivity contribution in [1.82, 2.24) is 5.32 Å². The lowest BCUT2D eigenvalue weighted by Crippen LogP contribution is -2.38. The second-order valence-electron chi connectivity index (χ2n) is 5.72. The number of fused-ring (bicyclic) bond motifs is 1. The van der Waals surface area contributed by atoms with Gasteiger partial charge in [-0.1, -0.05) is 36.4 Å². The van der Waals surface area contributed by atoms with E-state index in [0.717, 1.165) is 24.1 Å². The summed E-state index contributed by atoms with van der Waals surface area (Å²) in [5, 5.41) is 6.03. The molecule has 21 heavy (non-hydrogen) atoms. The molecule has 1 aliphatic rings. The van der Waals surface area contributed by atoms with Gasteiger partial charge in [-0.15, -0.1) is 0 Å². The van der Waals surface area contributed by atoms with Crippen LogP contribution < -0.4 is 10.6 Å². The van der Waals surface area contributed by atoms with Crippen molar-refractivity contribution < 1.29 is 4.79 Å². The smallest absolute Gasteiger partial charge is 0.319 e. The SMILES string of the molecule is Cc1cccc(NC(=O)NC2Cc3ccccc3C2)c1C. The van der Waals surface area contributed by atoms with Gasteiger partial charge in [-0.25, -0.2) is 4.79 Å². The minimum Gasteiger partial charge on any atom is -0.334 e. The molecule has 0 atom stereocenters. The Balaban J connectivity index is 1.62. The van der Waals surface area contributed by atoms with Crippen LogP contribution in [0.4, 0.5) is 10.5 Å².